The second-order valence-corrected chi connectivity index (χ2v) is 6.01. The molecular formula is C16H25NO2. The third-order valence-corrected chi connectivity index (χ3v) is 3.74. The Morgan fingerprint density at radius 1 is 1.32 bits per heavy atom. The summed E-state index contributed by atoms with van der Waals surface area (Å²) in [6, 6.07) is 7.53. The minimum absolute atomic E-state index is 0.000288. The first-order valence-corrected chi connectivity index (χ1v) is 6.80. The topological polar surface area (TPSA) is 52.3 Å². The Balaban J connectivity index is 3.20. The number of nitrogen functional groups attached to an aromatic ring is 1. The number of para-hydroxylation sites is 1. The maximum absolute atomic E-state index is 12.3. The maximum Gasteiger partial charge on any atom is 0.313 e. The van der Waals surface area contributed by atoms with Gasteiger partial charge in [0.2, 0.25) is 0 Å². The van der Waals surface area contributed by atoms with E-state index in [9.17, 15) is 4.79 Å². The van der Waals surface area contributed by atoms with Crippen LogP contribution in [0.15, 0.2) is 24.3 Å². The Kier molecular flexibility index (Phi) is 4.98. The Hall–Kier alpha value is -1.51. The normalized spacial score (nSPS) is 14.8. The molecule has 0 aliphatic carbocycles. The van der Waals surface area contributed by atoms with Crippen molar-refractivity contribution >= 4 is 11.7 Å². The van der Waals surface area contributed by atoms with Gasteiger partial charge in [-0.3, -0.25) is 4.79 Å². The first kappa shape index (κ1) is 15.5. The highest BCUT2D eigenvalue weighted by atomic mass is 16.5. The zero-order valence-corrected chi connectivity index (χ0v) is 12.6. The number of rotatable bonds is 4. The molecule has 0 aliphatic rings. The van der Waals surface area contributed by atoms with E-state index in [0.29, 0.717) is 12.3 Å². The summed E-state index contributed by atoms with van der Waals surface area (Å²) in [6.07, 6.45) is 0. The smallest absolute Gasteiger partial charge is 0.313 e. The molecule has 1 aromatic rings. The van der Waals surface area contributed by atoms with Crippen molar-refractivity contribution in [1.82, 2.24) is 0 Å². The van der Waals surface area contributed by atoms with Crippen LogP contribution in [0.25, 0.3) is 0 Å². The second kappa shape index (κ2) is 6.09. The molecule has 0 aliphatic heterocycles. The highest BCUT2D eigenvalue weighted by Crippen LogP contribution is 2.40. The average molecular weight is 263 g/mol. The molecule has 2 N–H and O–H groups in total. The molecule has 2 atom stereocenters. The molecule has 1 rings (SSSR count). The third-order valence-electron chi connectivity index (χ3n) is 3.74. The molecule has 0 saturated heterocycles. The quantitative estimate of drug-likeness (QED) is 0.667. The summed E-state index contributed by atoms with van der Waals surface area (Å²) < 4.78 is 5.24. The van der Waals surface area contributed by atoms with Crippen LogP contribution in [-0.2, 0) is 9.53 Å². The number of esters is 1. The van der Waals surface area contributed by atoms with Crippen molar-refractivity contribution in [2.75, 3.05) is 12.3 Å². The van der Waals surface area contributed by atoms with Gasteiger partial charge in [-0.1, -0.05) is 45.9 Å². The molecule has 106 valence electrons. The SMILES string of the molecule is CCOC(=O)C(c1ccccc1N)C(C)C(C)(C)C. The molecule has 0 fully saturated rings. The van der Waals surface area contributed by atoms with Gasteiger partial charge in [-0.25, -0.2) is 0 Å². The third kappa shape index (κ3) is 3.72. The predicted molar refractivity (Wildman–Crippen MR) is 78.8 cm³/mol. The molecule has 19 heavy (non-hydrogen) atoms. The van der Waals surface area contributed by atoms with Crippen molar-refractivity contribution in [3.8, 4) is 0 Å². The Labute approximate surface area is 116 Å². The van der Waals surface area contributed by atoms with Crippen molar-refractivity contribution in [1.29, 1.82) is 0 Å². The van der Waals surface area contributed by atoms with E-state index in [1.165, 1.54) is 0 Å². The summed E-state index contributed by atoms with van der Waals surface area (Å²) in [5, 5.41) is 0. The average Bonchev–Trinajstić information content (AvgIpc) is 2.31. The van der Waals surface area contributed by atoms with Gasteiger partial charge in [-0.2, -0.15) is 0 Å². The van der Waals surface area contributed by atoms with Crippen molar-refractivity contribution in [3.63, 3.8) is 0 Å². The maximum atomic E-state index is 12.3. The molecule has 0 aromatic heterocycles. The largest absolute Gasteiger partial charge is 0.466 e. The van der Waals surface area contributed by atoms with Gasteiger partial charge in [-0.15, -0.1) is 0 Å². The summed E-state index contributed by atoms with van der Waals surface area (Å²) in [7, 11) is 0. The zero-order valence-electron chi connectivity index (χ0n) is 12.6. The predicted octanol–water partition coefficient (Wildman–Crippen LogP) is 3.60. The Morgan fingerprint density at radius 3 is 2.37 bits per heavy atom. The fourth-order valence-electron chi connectivity index (χ4n) is 2.13. The molecule has 0 heterocycles. The second-order valence-electron chi connectivity index (χ2n) is 6.01. The minimum atomic E-state index is -0.318. The van der Waals surface area contributed by atoms with Gasteiger partial charge < -0.3 is 10.5 Å². The minimum Gasteiger partial charge on any atom is -0.466 e. The lowest BCUT2D eigenvalue weighted by Crippen LogP contribution is -2.31. The van der Waals surface area contributed by atoms with E-state index < -0.39 is 0 Å². The summed E-state index contributed by atoms with van der Waals surface area (Å²) >= 11 is 0. The number of anilines is 1. The lowest BCUT2D eigenvalue weighted by Gasteiger charge is -2.33. The molecular weight excluding hydrogens is 238 g/mol. The lowest BCUT2D eigenvalue weighted by molar-refractivity contribution is -0.147. The van der Waals surface area contributed by atoms with E-state index in [0.717, 1.165) is 5.56 Å². The lowest BCUT2D eigenvalue weighted by atomic mass is 9.71. The van der Waals surface area contributed by atoms with Gasteiger partial charge in [0.05, 0.1) is 12.5 Å². The number of nitrogens with two attached hydrogens (primary N) is 1. The van der Waals surface area contributed by atoms with Crippen LogP contribution in [-0.4, -0.2) is 12.6 Å². The van der Waals surface area contributed by atoms with Crippen molar-refractivity contribution in [2.24, 2.45) is 11.3 Å². The van der Waals surface area contributed by atoms with Crippen LogP contribution in [0.3, 0.4) is 0 Å². The van der Waals surface area contributed by atoms with Crippen LogP contribution in [0.1, 0.15) is 46.1 Å². The van der Waals surface area contributed by atoms with Crippen LogP contribution in [0.2, 0.25) is 0 Å². The number of benzene rings is 1. The van der Waals surface area contributed by atoms with Crippen LogP contribution >= 0.6 is 0 Å². The fourth-order valence-corrected chi connectivity index (χ4v) is 2.13. The summed E-state index contributed by atoms with van der Waals surface area (Å²) in [6.45, 7) is 10.7. The molecule has 3 heteroatoms. The van der Waals surface area contributed by atoms with Gasteiger partial charge >= 0.3 is 5.97 Å². The van der Waals surface area contributed by atoms with Crippen LogP contribution in [0.5, 0.6) is 0 Å². The van der Waals surface area contributed by atoms with Crippen LogP contribution < -0.4 is 5.73 Å². The van der Waals surface area contributed by atoms with E-state index in [1.54, 1.807) is 0 Å². The highest BCUT2D eigenvalue weighted by Gasteiger charge is 2.36. The van der Waals surface area contributed by atoms with Gasteiger partial charge in [-0.05, 0) is 29.9 Å². The number of ether oxygens (including phenoxy) is 1. The number of carbonyl (C=O) groups excluding carboxylic acids is 1. The highest BCUT2D eigenvalue weighted by molar-refractivity contribution is 5.80. The van der Waals surface area contributed by atoms with Gasteiger partial charge in [0.25, 0.3) is 0 Å². The van der Waals surface area contributed by atoms with E-state index in [2.05, 4.69) is 27.7 Å². The van der Waals surface area contributed by atoms with Gasteiger partial charge in [0, 0.05) is 5.69 Å². The first-order valence-electron chi connectivity index (χ1n) is 6.80. The van der Waals surface area contributed by atoms with E-state index in [4.69, 9.17) is 10.5 Å². The molecule has 1 aromatic carbocycles. The van der Waals surface area contributed by atoms with Crippen LogP contribution in [0, 0.1) is 11.3 Å². The molecule has 0 radical (unpaired) electrons. The molecule has 2 unspecified atom stereocenters. The molecule has 0 spiro atoms. The van der Waals surface area contributed by atoms with E-state index >= 15 is 0 Å². The molecule has 0 bridgehead atoms. The monoisotopic (exact) mass is 263 g/mol. The summed E-state index contributed by atoms with van der Waals surface area (Å²) in [5.74, 6) is -0.375. The van der Waals surface area contributed by atoms with Crippen molar-refractivity contribution < 1.29 is 9.53 Å². The van der Waals surface area contributed by atoms with E-state index in [1.807, 2.05) is 31.2 Å². The van der Waals surface area contributed by atoms with Crippen LogP contribution in [0.4, 0.5) is 5.69 Å². The summed E-state index contributed by atoms with van der Waals surface area (Å²) in [5.41, 5.74) is 7.54. The standard InChI is InChI=1S/C16H25NO2/c1-6-19-15(18)14(11(2)16(3,4)5)12-9-7-8-10-13(12)17/h7-11,14H,6,17H2,1-5H3. The summed E-state index contributed by atoms with van der Waals surface area (Å²) in [4.78, 5) is 12.3. The first-order chi connectivity index (χ1) is 8.79. The molecule has 0 amide bonds. The van der Waals surface area contributed by atoms with E-state index in [-0.39, 0.29) is 23.2 Å². The van der Waals surface area contributed by atoms with Gasteiger partial charge in [0.1, 0.15) is 0 Å². The van der Waals surface area contributed by atoms with Crippen molar-refractivity contribution in [2.45, 2.75) is 40.5 Å². The number of carbonyl (C=O) groups is 1. The van der Waals surface area contributed by atoms with Gasteiger partial charge in [0.15, 0.2) is 0 Å². The zero-order chi connectivity index (χ0) is 14.6. The Morgan fingerprint density at radius 2 is 1.89 bits per heavy atom. The number of hydrogen-bond acceptors (Lipinski definition) is 3. The Bertz CT molecular complexity index is 435. The molecule has 0 saturated carbocycles. The fraction of sp³-hybridized carbons (Fsp3) is 0.562. The molecule has 3 nitrogen and oxygen atoms in total. The van der Waals surface area contributed by atoms with Crippen molar-refractivity contribution in [3.05, 3.63) is 29.8 Å². The number of hydrogen-bond donors (Lipinski definition) is 1.